The first kappa shape index (κ1) is 34.0. The second-order valence-electron chi connectivity index (χ2n) is 12.5. The van der Waals surface area contributed by atoms with Crippen LogP contribution in [0.4, 0.5) is 15.3 Å². The number of piperidine rings is 2. The zero-order valence-corrected chi connectivity index (χ0v) is 27.2. The maximum atomic E-state index is 13.9. The first-order valence-corrected chi connectivity index (χ1v) is 17.0. The minimum Gasteiger partial charge on any atom is -0.507 e. The van der Waals surface area contributed by atoms with Crippen LogP contribution in [0.25, 0.3) is 0 Å². The van der Waals surface area contributed by atoms with Crippen LogP contribution in [0.15, 0.2) is 46.9 Å². The average Bonchev–Trinajstić information content (AvgIpc) is 3.24. The van der Waals surface area contributed by atoms with Gasteiger partial charge in [-0.2, -0.15) is 0 Å². The highest BCUT2D eigenvalue weighted by atomic mass is 79.9. The molecule has 4 aliphatic rings. The van der Waals surface area contributed by atoms with E-state index in [4.69, 9.17) is 4.74 Å². The molecule has 4 aliphatic heterocycles. The molecule has 1 atom stereocenters. The third-order valence-electron chi connectivity index (χ3n) is 9.71. The van der Waals surface area contributed by atoms with Crippen LogP contribution in [0, 0.1) is 0 Å². The molecule has 6 rings (SSSR count). The Kier molecular flexibility index (Phi) is 11.5. The van der Waals surface area contributed by atoms with Gasteiger partial charge in [0.05, 0.1) is 4.47 Å². The van der Waals surface area contributed by atoms with Crippen molar-refractivity contribution in [3.05, 3.63) is 58.1 Å². The summed E-state index contributed by atoms with van der Waals surface area (Å²) in [5.74, 6) is -0.0781. The summed E-state index contributed by atoms with van der Waals surface area (Å²) in [6.45, 7) is 6.40. The van der Waals surface area contributed by atoms with E-state index in [1.54, 1.807) is 23.1 Å². The number of amides is 4. The molecule has 3 fully saturated rings. The lowest BCUT2D eigenvalue weighted by Gasteiger charge is -2.41. The number of benzene rings is 2. The lowest BCUT2D eigenvalue weighted by Crippen LogP contribution is -2.56. The van der Waals surface area contributed by atoms with Crippen LogP contribution in [0.5, 0.6) is 5.75 Å². The number of piperazine rings is 1. The van der Waals surface area contributed by atoms with Crippen LogP contribution < -0.4 is 10.6 Å². The SMILES string of the molecule is C.O=C(O[C@H](Cc1ccc(O)c(Br)c1)C(=O)N1CCN(C2CCNCC2)CC1)N1CCC(N2CCc3ccccc3NC2=O)CC1. The van der Waals surface area contributed by atoms with Crippen LogP contribution in [0.2, 0.25) is 0 Å². The number of nitrogens with one attached hydrogen (secondary N) is 2. The Balaban J connectivity index is 0.00000417. The topological polar surface area (TPSA) is 118 Å². The van der Waals surface area contributed by atoms with Gasteiger partial charge in [0.2, 0.25) is 0 Å². The number of carbonyl (C=O) groups excluding carboxylic acids is 3. The van der Waals surface area contributed by atoms with E-state index in [9.17, 15) is 19.5 Å². The summed E-state index contributed by atoms with van der Waals surface area (Å²) in [5.41, 5.74) is 2.76. The molecular formula is C34H47BrN6O5. The number of hydrogen-bond acceptors (Lipinski definition) is 7. The van der Waals surface area contributed by atoms with Gasteiger partial charge in [-0.05, 0) is 90.4 Å². The van der Waals surface area contributed by atoms with Gasteiger partial charge in [0.15, 0.2) is 6.10 Å². The molecule has 12 heteroatoms. The van der Waals surface area contributed by atoms with E-state index in [1.165, 1.54) is 0 Å². The number of aromatic hydroxyl groups is 1. The molecule has 3 saturated heterocycles. The van der Waals surface area contributed by atoms with Gasteiger partial charge >= 0.3 is 12.1 Å². The molecule has 2 aromatic rings. The number of nitrogens with zero attached hydrogens (tertiary/aromatic N) is 4. The number of para-hydroxylation sites is 1. The summed E-state index contributed by atoms with van der Waals surface area (Å²) in [5, 5.41) is 16.4. The Labute approximate surface area is 280 Å². The highest BCUT2D eigenvalue weighted by Gasteiger charge is 2.36. The molecule has 4 heterocycles. The molecule has 0 saturated carbocycles. The molecule has 0 aliphatic carbocycles. The minimum atomic E-state index is -0.980. The standard InChI is InChI=1S/C33H43BrN6O5.CH4/c34-27-21-23(5-6-29(27)41)22-30(31(42)38-19-17-37(18-20-38)25-7-12-35-13-8-25)45-33(44)39-14-10-26(11-15-39)40-16-9-24-3-1-2-4-28(24)36-32(40)43;/h1-6,21,25-26,30,35,41H,7-20,22H2,(H,36,43);1H4/t30-;/m1./s1. The fraction of sp³-hybridized carbons (Fsp3) is 0.559. The number of halogens is 1. The van der Waals surface area contributed by atoms with Crippen LogP contribution in [0.1, 0.15) is 44.2 Å². The lowest BCUT2D eigenvalue weighted by molar-refractivity contribution is -0.143. The van der Waals surface area contributed by atoms with Crippen molar-refractivity contribution in [2.45, 2.75) is 64.1 Å². The van der Waals surface area contributed by atoms with Gasteiger partial charge in [0, 0.05) is 70.0 Å². The van der Waals surface area contributed by atoms with Gasteiger partial charge in [-0.3, -0.25) is 9.69 Å². The number of fused-ring (bicyclic) bond motifs is 1. The van der Waals surface area contributed by atoms with Crippen molar-refractivity contribution >= 4 is 39.6 Å². The molecule has 3 N–H and O–H groups in total. The van der Waals surface area contributed by atoms with Gasteiger partial charge in [-0.15, -0.1) is 0 Å². The molecule has 4 amide bonds. The van der Waals surface area contributed by atoms with E-state index in [-0.39, 0.29) is 37.6 Å². The largest absolute Gasteiger partial charge is 0.507 e. The Bertz CT molecular complexity index is 1370. The normalized spacial score (nSPS) is 20.6. The van der Waals surface area contributed by atoms with Crippen LogP contribution in [-0.4, -0.2) is 120 Å². The summed E-state index contributed by atoms with van der Waals surface area (Å²) in [6.07, 6.45) is 3.02. The van der Waals surface area contributed by atoms with Crippen molar-refractivity contribution in [3.8, 4) is 5.75 Å². The summed E-state index contributed by atoms with van der Waals surface area (Å²) < 4.78 is 6.51. The average molecular weight is 700 g/mol. The Morgan fingerprint density at radius 1 is 0.913 bits per heavy atom. The quantitative estimate of drug-likeness (QED) is 0.412. The maximum absolute atomic E-state index is 13.9. The Morgan fingerprint density at radius 2 is 1.63 bits per heavy atom. The molecule has 0 aromatic heterocycles. The van der Waals surface area contributed by atoms with Gasteiger partial charge in [0.1, 0.15) is 5.75 Å². The number of hydrogen-bond donors (Lipinski definition) is 3. The molecule has 0 spiro atoms. The smallest absolute Gasteiger partial charge is 0.410 e. The number of rotatable bonds is 6. The van der Waals surface area contributed by atoms with Crippen molar-refractivity contribution < 1.29 is 24.2 Å². The number of phenols is 1. The predicted molar refractivity (Wildman–Crippen MR) is 181 cm³/mol. The van der Waals surface area contributed by atoms with Gasteiger partial charge in [0.25, 0.3) is 5.91 Å². The first-order valence-electron chi connectivity index (χ1n) is 16.2. The number of phenolic OH excluding ortho intramolecular Hbond substituents is 1. The predicted octanol–water partition coefficient (Wildman–Crippen LogP) is 4.29. The van der Waals surface area contributed by atoms with Crippen molar-refractivity contribution in [1.29, 1.82) is 0 Å². The zero-order chi connectivity index (χ0) is 31.3. The molecule has 0 radical (unpaired) electrons. The summed E-state index contributed by atoms with van der Waals surface area (Å²) >= 11 is 3.36. The fourth-order valence-corrected chi connectivity index (χ4v) is 7.47. The van der Waals surface area contributed by atoms with Gasteiger partial charge in [-0.1, -0.05) is 31.7 Å². The molecule has 0 bridgehead atoms. The van der Waals surface area contributed by atoms with Crippen LogP contribution in [-0.2, 0) is 22.4 Å². The van der Waals surface area contributed by atoms with E-state index in [1.807, 2.05) is 34.1 Å². The van der Waals surface area contributed by atoms with E-state index in [0.717, 1.165) is 62.3 Å². The number of carbonyl (C=O) groups is 3. The number of likely N-dealkylation sites (tertiary alicyclic amines) is 1. The maximum Gasteiger partial charge on any atom is 0.410 e. The van der Waals surface area contributed by atoms with Crippen molar-refractivity contribution in [3.63, 3.8) is 0 Å². The van der Waals surface area contributed by atoms with Crippen molar-refractivity contribution in [2.75, 3.05) is 64.2 Å². The van der Waals surface area contributed by atoms with Gasteiger partial charge < -0.3 is 35.2 Å². The van der Waals surface area contributed by atoms with Crippen molar-refractivity contribution in [1.82, 2.24) is 24.9 Å². The summed E-state index contributed by atoms with van der Waals surface area (Å²) in [4.78, 5) is 48.2. The molecule has 250 valence electrons. The van der Waals surface area contributed by atoms with Crippen LogP contribution in [0.3, 0.4) is 0 Å². The van der Waals surface area contributed by atoms with Gasteiger partial charge in [-0.25, -0.2) is 9.59 Å². The minimum absolute atomic E-state index is 0. The molecule has 46 heavy (non-hydrogen) atoms. The third kappa shape index (κ3) is 7.95. The Hall–Kier alpha value is -3.35. The van der Waals surface area contributed by atoms with E-state index < -0.39 is 12.2 Å². The number of ether oxygens (including phenoxy) is 1. The second-order valence-corrected chi connectivity index (χ2v) is 13.3. The molecule has 11 nitrogen and oxygen atoms in total. The highest BCUT2D eigenvalue weighted by Crippen LogP contribution is 2.27. The zero-order valence-electron chi connectivity index (χ0n) is 25.6. The number of anilines is 1. The number of urea groups is 1. The van der Waals surface area contributed by atoms with E-state index in [2.05, 4.69) is 31.5 Å². The van der Waals surface area contributed by atoms with E-state index >= 15 is 0 Å². The summed E-state index contributed by atoms with van der Waals surface area (Å²) in [7, 11) is 0. The Morgan fingerprint density at radius 3 is 2.35 bits per heavy atom. The van der Waals surface area contributed by atoms with Crippen molar-refractivity contribution in [2.24, 2.45) is 0 Å². The fourth-order valence-electron chi connectivity index (χ4n) is 7.05. The summed E-state index contributed by atoms with van der Waals surface area (Å²) in [6, 6.07) is 13.4. The van der Waals surface area contributed by atoms with E-state index in [0.29, 0.717) is 56.1 Å². The third-order valence-corrected chi connectivity index (χ3v) is 10.3. The van der Waals surface area contributed by atoms with Crippen LogP contribution >= 0.6 is 15.9 Å². The first-order chi connectivity index (χ1) is 21.9. The monoisotopic (exact) mass is 698 g/mol. The molecular weight excluding hydrogens is 652 g/mol. The molecule has 0 unspecified atom stereocenters. The lowest BCUT2D eigenvalue weighted by atomic mass is 10.0. The highest BCUT2D eigenvalue weighted by molar-refractivity contribution is 9.10. The molecule has 2 aromatic carbocycles. The second kappa shape index (κ2) is 15.5.